The first-order valence-corrected chi connectivity index (χ1v) is 9.82. The summed E-state index contributed by atoms with van der Waals surface area (Å²) in [6, 6.07) is 9.52. The fourth-order valence-electron chi connectivity index (χ4n) is 2.44. The van der Waals surface area contributed by atoms with Crippen molar-refractivity contribution in [1.29, 1.82) is 0 Å². The third kappa shape index (κ3) is 4.17. The Balaban J connectivity index is 1.75. The number of hydrogen-bond donors (Lipinski definition) is 1. The number of carbonyl (C=O) groups excluding carboxylic acids is 2. The molecule has 0 fully saturated rings. The lowest BCUT2D eigenvalue weighted by atomic mass is 10.2. The molecular formula is C19H19N3O2S2. The summed E-state index contributed by atoms with van der Waals surface area (Å²) >= 11 is 3.00. The Morgan fingerprint density at radius 3 is 2.77 bits per heavy atom. The van der Waals surface area contributed by atoms with Crippen LogP contribution in [0.1, 0.15) is 27.9 Å². The van der Waals surface area contributed by atoms with E-state index < -0.39 is 0 Å². The predicted octanol–water partition coefficient (Wildman–Crippen LogP) is 4.41. The molecule has 0 spiro atoms. The number of benzene rings is 1. The minimum atomic E-state index is -0.168. The Labute approximate surface area is 160 Å². The molecule has 0 aliphatic heterocycles. The van der Waals surface area contributed by atoms with Crippen LogP contribution in [0.5, 0.6) is 0 Å². The summed E-state index contributed by atoms with van der Waals surface area (Å²) < 4.78 is 0. The highest BCUT2D eigenvalue weighted by Gasteiger charge is 2.17. The van der Waals surface area contributed by atoms with Crippen LogP contribution < -0.4 is 5.32 Å². The SMILES string of the molecule is CC(=O)N(C)Cc1cccc(NC(=O)c2sc(-c3ccsc3)nc2C)c1. The van der Waals surface area contributed by atoms with E-state index in [-0.39, 0.29) is 11.8 Å². The Bertz CT molecular complexity index is 932. The van der Waals surface area contributed by atoms with Gasteiger partial charge in [0.1, 0.15) is 9.88 Å². The zero-order chi connectivity index (χ0) is 18.7. The molecule has 0 unspecified atom stereocenters. The van der Waals surface area contributed by atoms with Gasteiger partial charge in [-0.25, -0.2) is 4.98 Å². The van der Waals surface area contributed by atoms with Crippen molar-refractivity contribution < 1.29 is 9.59 Å². The van der Waals surface area contributed by atoms with Crippen molar-refractivity contribution in [3.8, 4) is 10.6 Å². The Kier molecular flexibility index (Phi) is 5.49. The van der Waals surface area contributed by atoms with E-state index in [1.165, 1.54) is 18.3 Å². The van der Waals surface area contributed by atoms with E-state index in [1.54, 1.807) is 23.3 Å². The number of rotatable bonds is 5. The van der Waals surface area contributed by atoms with E-state index in [9.17, 15) is 9.59 Å². The van der Waals surface area contributed by atoms with Gasteiger partial charge in [0.15, 0.2) is 0 Å². The van der Waals surface area contributed by atoms with Gasteiger partial charge in [-0.3, -0.25) is 9.59 Å². The summed E-state index contributed by atoms with van der Waals surface area (Å²) in [4.78, 5) is 30.8. The van der Waals surface area contributed by atoms with Crippen LogP contribution in [0.25, 0.3) is 10.6 Å². The van der Waals surface area contributed by atoms with Crippen LogP contribution in [-0.4, -0.2) is 28.7 Å². The second kappa shape index (κ2) is 7.80. The number of nitrogens with zero attached hydrogens (tertiary/aromatic N) is 2. The van der Waals surface area contributed by atoms with E-state index in [2.05, 4.69) is 10.3 Å². The van der Waals surface area contributed by atoms with Gasteiger partial charge in [-0.15, -0.1) is 11.3 Å². The van der Waals surface area contributed by atoms with Gasteiger partial charge in [0.25, 0.3) is 5.91 Å². The molecule has 2 amide bonds. The second-order valence-corrected chi connectivity index (χ2v) is 7.75. The summed E-state index contributed by atoms with van der Waals surface area (Å²) in [5.74, 6) is -0.167. The molecule has 2 heterocycles. The fraction of sp³-hybridized carbons (Fsp3) is 0.211. The third-order valence-electron chi connectivity index (χ3n) is 3.91. The molecule has 26 heavy (non-hydrogen) atoms. The molecule has 0 aliphatic rings. The first-order chi connectivity index (χ1) is 12.4. The van der Waals surface area contributed by atoms with Gasteiger partial charge >= 0.3 is 0 Å². The van der Waals surface area contributed by atoms with Gasteiger partial charge in [0, 0.05) is 37.1 Å². The van der Waals surface area contributed by atoms with E-state index in [4.69, 9.17) is 0 Å². The average molecular weight is 386 g/mol. The molecule has 3 aromatic rings. The van der Waals surface area contributed by atoms with Crippen molar-refractivity contribution in [3.05, 3.63) is 57.2 Å². The van der Waals surface area contributed by atoms with Crippen molar-refractivity contribution in [2.45, 2.75) is 20.4 Å². The summed E-state index contributed by atoms with van der Waals surface area (Å²) in [7, 11) is 1.75. The highest BCUT2D eigenvalue weighted by molar-refractivity contribution is 7.17. The average Bonchev–Trinajstić information content (AvgIpc) is 3.24. The van der Waals surface area contributed by atoms with Crippen molar-refractivity contribution in [2.24, 2.45) is 0 Å². The van der Waals surface area contributed by atoms with Crippen molar-refractivity contribution in [3.63, 3.8) is 0 Å². The van der Waals surface area contributed by atoms with Crippen LogP contribution in [0.3, 0.4) is 0 Å². The molecule has 0 saturated heterocycles. The molecular weight excluding hydrogens is 366 g/mol. The Morgan fingerprint density at radius 2 is 2.08 bits per heavy atom. The second-order valence-electron chi connectivity index (χ2n) is 5.98. The number of aromatic nitrogens is 1. The van der Waals surface area contributed by atoms with Crippen molar-refractivity contribution >= 4 is 40.2 Å². The number of carbonyl (C=O) groups is 2. The first kappa shape index (κ1) is 18.3. The van der Waals surface area contributed by atoms with Gasteiger partial charge in [-0.2, -0.15) is 11.3 Å². The summed E-state index contributed by atoms with van der Waals surface area (Å²) in [6.07, 6.45) is 0. The highest BCUT2D eigenvalue weighted by atomic mass is 32.1. The van der Waals surface area contributed by atoms with E-state index in [0.29, 0.717) is 17.1 Å². The molecule has 0 saturated carbocycles. The topological polar surface area (TPSA) is 62.3 Å². The molecule has 2 aromatic heterocycles. The Morgan fingerprint density at radius 1 is 1.27 bits per heavy atom. The molecule has 1 N–H and O–H groups in total. The van der Waals surface area contributed by atoms with Gasteiger partial charge in [-0.1, -0.05) is 12.1 Å². The molecule has 3 rings (SSSR count). The monoisotopic (exact) mass is 385 g/mol. The summed E-state index contributed by atoms with van der Waals surface area (Å²) in [5.41, 5.74) is 3.42. The van der Waals surface area contributed by atoms with Crippen LogP contribution in [-0.2, 0) is 11.3 Å². The molecule has 0 aliphatic carbocycles. The summed E-state index contributed by atoms with van der Waals surface area (Å²) in [6.45, 7) is 3.88. The number of aryl methyl sites for hydroxylation is 1. The maximum Gasteiger partial charge on any atom is 0.267 e. The molecule has 134 valence electrons. The highest BCUT2D eigenvalue weighted by Crippen LogP contribution is 2.30. The van der Waals surface area contributed by atoms with Crippen LogP contribution in [0.15, 0.2) is 41.1 Å². The maximum absolute atomic E-state index is 12.7. The molecule has 0 bridgehead atoms. The van der Waals surface area contributed by atoms with Gasteiger partial charge in [0.2, 0.25) is 5.91 Å². The maximum atomic E-state index is 12.7. The largest absolute Gasteiger partial charge is 0.342 e. The number of hydrogen-bond acceptors (Lipinski definition) is 5. The lowest BCUT2D eigenvalue weighted by Gasteiger charge is -2.15. The number of amides is 2. The Hall–Kier alpha value is -2.51. The van der Waals surface area contributed by atoms with Crippen LogP contribution in [0.4, 0.5) is 5.69 Å². The van der Waals surface area contributed by atoms with Crippen molar-refractivity contribution in [1.82, 2.24) is 9.88 Å². The minimum Gasteiger partial charge on any atom is -0.342 e. The van der Waals surface area contributed by atoms with E-state index >= 15 is 0 Å². The van der Waals surface area contributed by atoms with Crippen LogP contribution in [0, 0.1) is 6.92 Å². The zero-order valence-corrected chi connectivity index (χ0v) is 16.4. The molecule has 0 atom stereocenters. The fourth-order valence-corrected chi connectivity index (χ4v) is 4.11. The van der Waals surface area contributed by atoms with Gasteiger partial charge in [-0.05, 0) is 36.1 Å². The van der Waals surface area contributed by atoms with Crippen LogP contribution in [0.2, 0.25) is 0 Å². The number of thiazole rings is 1. The van der Waals surface area contributed by atoms with Crippen molar-refractivity contribution in [2.75, 3.05) is 12.4 Å². The number of nitrogens with one attached hydrogen (secondary N) is 1. The normalized spacial score (nSPS) is 10.6. The van der Waals surface area contributed by atoms with E-state index in [1.807, 2.05) is 48.0 Å². The van der Waals surface area contributed by atoms with Crippen LogP contribution >= 0.6 is 22.7 Å². The standard InChI is InChI=1S/C19H19N3O2S2/c1-12-17(26-19(20-12)15-7-8-25-11-15)18(24)21-16-6-4-5-14(9-16)10-22(3)13(2)23/h4-9,11H,10H2,1-3H3,(H,21,24). The quantitative estimate of drug-likeness (QED) is 0.708. The lowest BCUT2D eigenvalue weighted by molar-refractivity contribution is -0.128. The smallest absolute Gasteiger partial charge is 0.267 e. The number of anilines is 1. The van der Waals surface area contributed by atoms with Gasteiger partial charge in [0.05, 0.1) is 5.69 Å². The van der Waals surface area contributed by atoms with Gasteiger partial charge < -0.3 is 10.2 Å². The molecule has 7 heteroatoms. The zero-order valence-electron chi connectivity index (χ0n) is 14.8. The molecule has 0 radical (unpaired) electrons. The third-order valence-corrected chi connectivity index (χ3v) is 5.80. The van der Waals surface area contributed by atoms with E-state index in [0.717, 1.165) is 21.8 Å². The molecule has 1 aromatic carbocycles. The molecule has 5 nitrogen and oxygen atoms in total. The lowest BCUT2D eigenvalue weighted by Crippen LogP contribution is -2.23. The first-order valence-electron chi connectivity index (χ1n) is 8.06. The summed E-state index contributed by atoms with van der Waals surface area (Å²) in [5, 5.41) is 7.80. The number of thiophene rings is 1. The predicted molar refractivity (Wildman–Crippen MR) is 107 cm³/mol. The minimum absolute atomic E-state index is 0.000633.